The maximum atomic E-state index is 12.3. The highest BCUT2D eigenvalue weighted by Crippen LogP contribution is 2.36. The van der Waals surface area contributed by atoms with E-state index in [0.717, 1.165) is 80.0 Å². The summed E-state index contributed by atoms with van der Waals surface area (Å²) in [4.78, 5) is 106. The van der Waals surface area contributed by atoms with Crippen LogP contribution in [-0.4, -0.2) is 106 Å². The number of rotatable bonds is 20. The van der Waals surface area contributed by atoms with Crippen LogP contribution >= 0.6 is 92.8 Å². The first kappa shape index (κ1) is 95.9. The highest BCUT2D eigenvalue weighted by molar-refractivity contribution is 6.39. The molecule has 28 heteroatoms. The number of ether oxygens (including phenoxy) is 1. The number of nitrogens with two attached hydrogens (primary N) is 1. The Labute approximate surface area is 673 Å². The zero-order valence-electron chi connectivity index (χ0n) is 59.8. The van der Waals surface area contributed by atoms with Crippen LogP contribution in [0.3, 0.4) is 0 Å². The van der Waals surface area contributed by atoms with Crippen molar-refractivity contribution in [3.63, 3.8) is 0 Å². The molecule has 0 radical (unpaired) electrons. The van der Waals surface area contributed by atoms with Crippen molar-refractivity contribution in [2.24, 2.45) is 5.73 Å². The second kappa shape index (κ2) is 50.5. The molecule has 2 aliphatic carbocycles. The maximum Gasteiger partial charge on any atom is 0.310 e. The number of phenols is 6. The number of pyridine rings is 2. The van der Waals surface area contributed by atoms with Crippen LogP contribution < -0.4 is 11.1 Å². The molecule has 6 aromatic carbocycles. The zero-order chi connectivity index (χ0) is 80.7. The number of aromatic hydroxyl groups is 6. The van der Waals surface area contributed by atoms with Crippen molar-refractivity contribution in [1.82, 2.24) is 15.3 Å². The maximum absolute atomic E-state index is 12.3. The highest BCUT2D eigenvalue weighted by atomic mass is 35.5. The van der Waals surface area contributed by atoms with E-state index >= 15 is 0 Å². The van der Waals surface area contributed by atoms with E-state index in [4.69, 9.17) is 109 Å². The number of nitrogens with zero attached hydrogens (tertiary/aromatic N) is 2. The molecule has 0 saturated carbocycles. The van der Waals surface area contributed by atoms with Crippen LogP contribution in [0.25, 0.3) is 0 Å². The molecule has 0 saturated heterocycles. The second-order valence-electron chi connectivity index (χ2n) is 23.8. The van der Waals surface area contributed by atoms with Crippen molar-refractivity contribution < 1.29 is 78.5 Å². The van der Waals surface area contributed by atoms with Crippen molar-refractivity contribution in [2.45, 2.75) is 132 Å². The molecule has 2 heterocycles. The fourth-order valence-electron chi connectivity index (χ4n) is 9.44. The fraction of sp³-hybridized carbons (Fsp3) is 0.272. The molecule has 2 aliphatic rings. The Hall–Kier alpha value is -9.19. The molecule has 0 amide bonds. The van der Waals surface area contributed by atoms with Gasteiger partial charge in [0.2, 0.25) is 11.6 Å². The first-order chi connectivity index (χ1) is 51.0. The third-order valence-corrected chi connectivity index (χ3v) is 17.0. The average Bonchev–Trinajstić information content (AvgIpc) is 0.804. The van der Waals surface area contributed by atoms with Gasteiger partial charge in [0.05, 0.1) is 57.0 Å². The molecule has 0 unspecified atom stereocenters. The summed E-state index contributed by atoms with van der Waals surface area (Å²) in [6.45, 7) is 10.2. The van der Waals surface area contributed by atoms with Crippen LogP contribution in [0.15, 0.2) is 158 Å². The van der Waals surface area contributed by atoms with Gasteiger partial charge in [-0.15, -0.1) is 0 Å². The molecular formula is C81H86Cl8N4O16. The summed E-state index contributed by atoms with van der Waals surface area (Å²) < 4.78 is 3.97. The summed E-state index contributed by atoms with van der Waals surface area (Å²) in [5.74, 6) is -1.24. The lowest BCUT2D eigenvalue weighted by Crippen LogP contribution is -2.29. The predicted molar refractivity (Wildman–Crippen MR) is 430 cm³/mol. The molecule has 0 fully saturated rings. The largest absolute Gasteiger partial charge is 0.508 e. The lowest BCUT2D eigenvalue weighted by Gasteiger charge is -2.15. The average molecular weight is 1660 g/mol. The topological polar surface area (TPSA) is 348 Å². The number of benzene rings is 6. The first-order valence-corrected chi connectivity index (χ1v) is 36.4. The van der Waals surface area contributed by atoms with E-state index < -0.39 is 11.9 Å². The summed E-state index contributed by atoms with van der Waals surface area (Å²) in [6.07, 6.45) is 16.7. The van der Waals surface area contributed by atoms with E-state index in [1.807, 2.05) is 24.3 Å². The predicted octanol–water partition coefficient (Wildman–Crippen LogP) is 19.0. The number of allylic oxidation sites excluding steroid dienone is 4. The van der Waals surface area contributed by atoms with Gasteiger partial charge in [-0.05, 0) is 228 Å². The van der Waals surface area contributed by atoms with Crippen LogP contribution in [-0.2, 0) is 67.2 Å². The van der Waals surface area contributed by atoms with Crippen molar-refractivity contribution in [1.29, 1.82) is 0 Å². The van der Waals surface area contributed by atoms with Crippen molar-refractivity contribution in [3.05, 3.63) is 254 Å². The minimum absolute atomic E-state index is 0. The number of carbonyl (C=O) groups is 9. The number of aryl methyl sites for hydroxylation is 4. The van der Waals surface area contributed by atoms with Crippen LogP contribution in [0.5, 0.6) is 34.5 Å². The molecule has 20 nitrogen and oxygen atoms in total. The van der Waals surface area contributed by atoms with Gasteiger partial charge in [0, 0.05) is 58.1 Å². The monoisotopic (exact) mass is 1650 g/mol. The molecule has 582 valence electrons. The van der Waals surface area contributed by atoms with E-state index in [1.54, 1.807) is 118 Å². The number of hydrogen-bond acceptors (Lipinski definition) is 20. The molecule has 2 aromatic heterocycles. The van der Waals surface area contributed by atoms with Gasteiger partial charge in [-0.3, -0.25) is 38.7 Å². The normalized spacial score (nSPS) is 11.1. The van der Waals surface area contributed by atoms with E-state index in [1.165, 1.54) is 55.6 Å². The van der Waals surface area contributed by atoms with Crippen LogP contribution in [0.2, 0.25) is 40.2 Å². The van der Waals surface area contributed by atoms with E-state index in [2.05, 4.69) is 26.9 Å². The van der Waals surface area contributed by atoms with Gasteiger partial charge < -0.3 is 60.8 Å². The highest BCUT2D eigenvalue weighted by Gasteiger charge is 2.26. The van der Waals surface area contributed by atoms with Crippen LogP contribution in [0.1, 0.15) is 169 Å². The lowest BCUT2D eigenvalue weighted by molar-refractivity contribution is -0.156. The molecule has 0 bridgehead atoms. The molecule has 9 N–H and O–H groups in total. The van der Waals surface area contributed by atoms with E-state index in [-0.39, 0.29) is 124 Å². The number of aromatic nitrogens is 2. The number of fused-ring (bicyclic) bond motifs is 2. The summed E-state index contributed by atoms with van der Waals surface area (Å²) in [7, 11) is 0. The quantitative estimate of drug-likeness (QED) is 0.0259. The van der Waals surface area contributed by atoms with Gasteiger partial charge in [-0.1, -0.05) is 138 Å². The second-order valence-corrected chi connectivity index (χ2v) is 27.1. The summed E-state index contributed by atoms with van der Waals surface area (Å²) in [5.41, 5.74) is 12.7. The molecule has 10 rings (SSSR count). The van der Waals surface area contributed by atoms with Crippen LogP contribution in [0, 0.1) is 0 Å². The summed E-state index contributed by atoms with van der Waals surface area (Å²) >= 11 is 46.2. The van der Waals surface area contributed by atoms with Crippen LogP contribution in [0.4, 0.5) is 0 Å². The number of Topliss-reactive ketones (excluding diaryl/α,β-unsaturated/α-hetero) is 4. The smallest absolute Gasteiger partial charge is 0.310 e. The lowest BCUT2D eigenvalue weighted by atomic mass is 9.97. The van der Waals surface area contributed by atoms with Gasteiger partial charge in [-0.25, -0.2) is 0 Å². The number of carbonyl (C=O) groups excluding carboxylic acids is 9. The third-order valence-electron chi connectivity index (χ3n) is 14.7. The first-order valence-electron chi connectivity index (χ1n) is 33.4. The molecular weight excluding hydrogens is 1570 g/mol. The van der Waals surface area contributed by atoms with Gasteiger partial charge in [-0.2, -0.15) is 0 Å². The number of nitrogens with one attached hydrogen (secondary N) is 1. The molecule has 0 aliphatic heterocycles. The molecule has 8 aromatic rings. The van der Waals surface area contributed by atoms with E-state index in [0.29, 0.717) is 65.7 Å². The Morgan fingerprint density at radius 1 is 0.422 bits per heavy atom. The SMILES string of the molecule is C.CC(=O)CCCc1cc(Cl)c(O)c(Cl)c1.CC(=O)CCCc1cc(Cl)c(O)c(Cl)c1.CC(=O)CCCc1ccc(O)cc1.CC(=O)OC(C)=O.CCCc1cc(Cl)c(O)c(Cl)c1.NCCc1ccc(O)cc1.O=C1C=C(NCCc2cc(Cl)c(O)c(Cl)c2)C(=O)c2ncccc21.O=C1C=CC(=O)c2ncccc21. The van der Waals surface area contributed by atoms with Crippen molar-refractivity contribution >= 4 is 145 Å². The van der Waals surface area contributed by atoms with Crippen molar-refractivity contribution in [2.75, 3.05) is 13.1 Å². The number of ketones is 7. The third kappa shape index (κ3) is 36.3. The standard InChI is InChI=1S/C17H12Cl2N2O3.2C11H12Cl2O2.C11H14O2.C9H10Cl2O.C9H5NO2.C8H11NO.C4H6O3.CH4/c18-11-6-9(7-12(19)16(11)23)3-5-20-13-8-14(22)10-2-1-4-21-15(10)17(13)24;2*1-7(14)3-2-4-8-5-9(12)11(15)10(13)6-8;1-9(12)3-2-4-10-5-7-11(13)8-6-10;1-2-3-6-4-7(10)9(12)8(11)5-6;11-7-3-4-8(12)9-6(7)2-1-5-10-9;9-6-5-7-1-3-8(10)4-2-7;1-3(5)7-4(2)6;/h1-2,4,6-8,20,23H,3,5H2;2*5-6,15H,2-4H2,1H3;5-8,13H,2-4H2,1H3;4-5,12H,2-3H2,1H3;1-5H;1-4,10H,5-6,9H2;1-2H3;1H4. The number of phenolic OH excluding ortho intramolecular Hbond substituents is 6. The fourth-order valence-corrected chi connectivity index (χ4v) is 11.6. The Morgan fingerprint density at radius 2 is 0.743 bits per heavy atom. The van der Waals surface area contributed by atoms with Gasteiger partial charge in [0.15, 0.2) is 34.6 Å². The number of esters is 2. The molecule has 0 spiro atoms. The zero-order valence-corrected chi connectivity index (χ0v) is 65.8. The van der Waals surface area contributed by atoms with Crippen molar-refractivity contribution in [3.8, 4) is 34.5 Å². The number of hydrogen-bond donors (Lipinski definition) is 8. The van der Waals surface area contributed by atoms with Gasteiger partial charge >= 0.3 is 11.9 Å². The minimum atomic E-state index is -0.562. The summed E-state index contributed by atoms with van der Waals surface area (Å²) in [6, 6.07) is 34.0. The van der Waals surface area contributed by atoms with E-state index in [9.17, 15) is 63.6 Å². The van der Waals surface area contributed by atoms with Gasteiger partial charge in [0.1, 0.15) is 40.2 Å². The minimum Gasteiger partial charge on any atom is -0.508 e. The Balaban J connectivity index is 0.000000432. The molecule has 0 atom stereocenters. The Bertz CT molecular complexity index is 4280. The number of halogens is 8. The Kier molecular flexibility index (Phi) is 44.4. The molecule has 109 heavy (non-hydrogen) atoms. The Morgan fingerprint density at radius 3 is 1.07 bits per heavy atom. The summed E-state index contributed by atoms with van der Waals surface area (Å²) in [5, 5.41) is 60.3. The van der Waals surface area contributed by atoms with Gasteiger partial charge in [0.25, 0.3) is 0 Å².